The van der Waals surface area contributed by atoms with Crippen molar-refractivity contribution in [3.63, 3.8) is 0 Å². The van der Waals surface area contributed by atoms with Crippen LogP contribution in [0.25, 0.3) is 0 Å². The molecule has 3 saturated heterocycles. The zero-order chi connectivity index (χ0) is 36.3. The monoisotopic (exact) mass is 672 g/mol. The van der Waals surface area contributed by atoms with Gasteiger partial charge in [-0.1, -0.05) is 62.3 Å². The molecule has 2 N–H and O–H groups in total. The van der Waals surface area contributed by atoms with Crippen LogP contribution in [0, 0.1) is 35.0 Å². The van der Waals surface area contributed by atoms with Crippen LogP contribution in [0.5, 0.6) is 0 Å². The Morgan fingerprint density at radius 2 is 1.55 bits per heavy atom. The number of piperidine rings is 1. The number of rotatable bonds is 5. The van der Waals surface area contributed by atoms with Gasteiger partial charge in [-0.25, -0.2) is 0 Å². The molecule has 0 aromatic rings. The zero-order valence-corrected chi connectivity index (χ0v) is 32.7. The highest BCUT2D eigenvalue weighted by Crippen LogP contribution is 2.29. The highest BCUT2D eigenvalue weighted by molar-refractivity contribution is 6.02. The Balaban J connectivity index is 0. The average molecular weight is 672 g/mol. The van der Waals surface area contributed by atoms with Crippen molar-refractivity contribution in [2.75, 3.05) is 46.4 Å². The van der Waals surface area contributed by atoms with Gasteiger partial charge in [0.05, 0.1) is 12.6 Å². The number of nitrogens with one attached hydrogen (secondary N) is 1. The predicted molar refractivity (Wildman–Crippen MR) is 195 cm³/mol. The van der Waals surface area contributed by atoms with Gasteiger partial charge in [-0.15, -0.1) is 0 Å². The summed E-state index contributed by atoms with van der Waals surface area (Å²) >= 11 is 0. The van der Waals surface area contributed by atoms with E-state index in [1.165, 1.54) is 0 Å². The van der Waals surface area contributed by atoms with Gasteiger partial charge in [-0.2, -0.15) is 0 Å². The Labute approximate surface area is 290 Å². The van der Waals surface area contributed by atoms with Crippen LogP contribution in [-0.4, -0.2) is 97.4 Å². The second-order valence-electron chi connectivity index (χ2n) is 14.9. The molecule has 3 fully saturated rings. The number of likely N-dealkylation sites (tertiary alicyclic amines) is 1. The SMILES string of the molecule is CC.CC.CC(C)CNCC(=O)N1CCC([C@@H]2COC(=O)C(C)(C)C(=O)CCC(C)C[C@@H](C)CN2C)CC1.C[C@H]1C[C@@H](C)O[C@@H](O)C1.[HH]. The maximum Gasteiger partial charge on any atom is 0.319 e. The number of likely N-dealkylation sites (N-methyl/N-ethyl adjacent to an activating group) is 1. The smallest absolute Gasteiger partial charge is 0.319 e. The number of carbonyl (C=O) groups is 3. The van der Waals surface area contributed by atoms with Crippen molar-refractivity contribution < 1.29 is 30.4 Å². The number of Topliss-reactive ketones (excluding diaryl/α,β-unsaturated/α-hetero) is 1. The molecular formula is C38H77N3O6. The molecule has 3 aliphatic rings. The molecule has 3 rings (SSSR count). The molecule has 0 bridgehead atoms. The van der Waals surface area contributed by atoms with Crippen LogP contribution < -0.4 is 5.32 Å². The average Bonchev–Trinajstić information content (AvgIpc) is 3.01. The molecule has 9 heteroatoms. The summed E-state index contributed by atoms with van der Waals surface area (Å²) in [5, 5.41) is 12.3. The number of ether oxygens (including phenoxy) is 2. The molecule has 6 atom stereocenters. The third-order valence-electron chi connectivity index (χ3n) is 9.42. The number of amides is 1. The van der Waals surface area contributed by atoms with Gasteiger partial charge >= 0.3 is 5.97 Å². The molecule has 0 aromatic carbocycles. The summed E-state index contributed by atoms with van der Waals surface area (Å²) < 4.78 is 10.9. The van der Waals surface area contributed by atoms with Gasteiger partial charge < -0.3 is 24.8 Å². The van der Waals surface area contributed by atoms with E-state index in [-0.39, 0.29) is 25.3 Å². The number of aliphatic hydroxyl groups excluding tert-OH is 1. The highest BCUT2D eigenvalue weighted by Gasteiger charge is 2.39. The van der Waals surface area contributed by atoms with E-state index in [1.807, 2.05) is 39.5 Å². The molecule has 9 nitrogen and oxygen atoms in total. The van der Waals surface area contributed by atoms with E-state index in [4.69, 9.17) is 14.6 Å². The third-order valence-corrected chi connectivity index (χ3v) is 9.42. The number of esters is 1. The van der Waals surface area contributed by atoms with Crippen LogP contribution in [-0.2, 0) is 23.9 Å². The first-order chi connectivity index (χ1) is 22.1. The first kappa shape index (κ1) is 45.5. The van der Waals surface area contributed by atoms with Gasteiger partial charge in [0, 0.05) is 39.9 Å². The van der Waals surface area contributed by atoms with Gasteiger partial charge in [-0.3, -0.25) is 19.3 Å². The van der Waals surface area contributed by atoms with E-state index in [2.05, 4.69) is 51.9 Å². The van der Waals surface area contributed by atoms with E-state index in [0.717, 1.165) is 64.7 Å². The highest BCUT2D eigenvalue weighted by atomic mass is 16.6. The van der Waals surface area contributed by atoms with Crippen molar-refractivity contribution in [3.8, 4) is 0 Å². The van der Waals surface area contributed by atoms with E-state index < -0.39 is 17.7 Å². The summed E-state index contributed by atoms with van der Waals surface area (Å²) in [7, 11) is 2.13. The van der Waals surface area contributed by atoms with Crippen LogP contribution in [0.2, 0.25) is 0 Å². The molecule has 1 unspecified atom stereocenters. The molecule has 0 spiro atoms. The Hall–Kier alpha value is -1.55. The lowest BCUT2D eigenvalue weighted by molar-refractivity contribution is -0.169. The van der Waals surface area contributed by atoms with E-state index >= 15 is 0 Å². The number of cyclic esters (lactones) is 1. The van der Waals surface area contributed by atoms with Crippen molar-refractivity contribution in [3.05, 3.63) is 0 Å². The minimum atomic E-state index is -1.11. The van der Waals surface area contributed by atoms with Crippen molar-refractivity contribution in [1.29, 1.82) is 0 Å². The molecule has 0 saturated carbocycles. The molecule has 1 amide bonds. The first-order valence-electron chi connectivity index (χ1n) is 18.8. The number of hydrogen-bond donors (Lipinski definition) is 2. The lowest BCUT2D eigenvalue weighted by Gasteiger charge is -2.40. The first-order valence-corrected chi connectivity index (χ1v) is 18.8. The van der Waals surface area contributed by atoms with Gasteiger partial charge in [0.15, 0.2) is 6.29 Å². The van der Waals surface area contributed by atoms with Crippen LogP contribution in [0.15, 0.2) is 0 Å². The largest absolute Gasteiger partial charge is 0.463 e. The van der Waals surface area contributed by atoms with E-state index in [9.17, 15) is 14.4 Å². The van der Waals surface area contributed by atoms with E-state index in [1.54, 1.807) is 13.8 Å². The van der Waals surface area contributed by atoms with E-state index in [0.29, 0.717) is 49.2 Å². The summed E-state index contributed by atoms with van der Waals surface area (Å²) in [6.07, 6.45) is 5.70. The summed E-state index contributed by atoms with van der Waals surface area (Å²) in [5.74, 6) is 2.14. The lowest BCUT2D eigenvalue weighted by Crippen LogP contribution is -2.50. The molecule has 0 aromatic heterocycles. The summed E-state index contributed by atoms with van der Waals surface area (Å²) in [5.41, 5.74) is -1.11. The molecule has 3 aliphatic heterocycles. The van der Waals surface area contributed by atoms with Crippen molar-refractivity contribution in [2.24, 2.45) is 35.0 Å². The van der Waals surface area contributed by atoms with Gasteiger partial charge in [0.2, 0.25) is 5.91 Å². The second-order valence-corrected chi connectivity index (χ2v) is 14.9. The molecule has 3 heterocycles. The number of carbonyl (C=O) groups excluding carboxylic acids is 3. The Kier molecular flexibility index (Phi) is 23.0. The maximum absolute atomic E-state index is 12.9. The van der Waals surface area contributed by atoms with Crippen LogP contribution >= 0.6 is 0 Å². The molecule has 47 heavy (non-hydrogen) atoms. The molecular weight excluding hydrogens is 594 g/mol. The fraction of sp³-hybridized carbons (Fsp3) is 0.921. The quantitative estimate of drug-likeness (QED) is 0.243. The van der Waals surface area contributed by atoms with Gasteiger partial charge in [0.25, 0.3) is 0 Å². The Morgan fingerprint density at radius 3 is 2.09 bits per heavy atom. The molecule has 0 aliphatic carbocycles. The van der Waals surface area contributed by atoms with Crippen LogP contribution in [0.4, 0.5) is 0 Å². The standard InChI is InChI=1S/C27H49N3O4.C7H14O2.2C2H6.H2/c1-19(2)15-28-16-25(32)30-12-10-22(11-13-30)23-18-34-26(33)27(5,6)24(31)9-8-20(3)14-21(4)17-29(23)7;1-5-3-6(2)9-7(8)4-5;2*1-2;/h19-23,28H,8-18H2,1-7H3;5-8H,3-4H2,1-2H3;2*1-2H3;1H/t20?,21-,23+;5-,6+,7+;;;/m10.../s1. The zero-order valence-electron chi connectivity index (χ0n) is 32.7. The number of nitrogens with zero attached hydrogens (tertiary/aromatic N) is 2. The Bertz CT molecular complexity index is 855. The number of aliphatic hydroxyl groups is 1. The van der Waals surface area contributed by atoms with Crippen molar-refractivity contribution in [2.45, 2.75) is 146 Å². The van der Waals surface area contributed by atoms with Crippen molar-refractivity contribution >= 4 is 17.7 Å². The third kappa shape index (κ3) is 17.1. The summed E-state index contributed by atoms with van der Waals surface area (Å²) in [6.45, 7) is 28.2. The fourth-order valence-electron chi connectivity index (χ4n) is 6.77. The maximum atomic E-state index is 12.9. The number of ketones is 1. The number of hydrogen-bond acceptors (Lipinski definition) is 8. The molecule has 0 radical (unpaired) electrons. The Morgan fingerprint density at radius 1 is 0.957 bits per heavy atom. The van der Waals surface area contributed by atoms with Crippen LogP contribution in [0.3, 0.4) is 0 Å². The normalized spacial score (nSPS) is 29.6. The minimum absolute atomic E-state index is 0. The predicted octanol–water partition coefficient (Wildman–Crippen LogP) is 6.80. The lowest BCUT2D eigenvalue weighted by atomic mass is 9.83. The second kappa shape index (κ2) is 23.7. The summed E-state index contributed by atoms with van der Waals surface area (Å²) in [4.78, 5) is 42.6. The minimum Gasteiger partial charge on any atom is -0.463 e. The van der Waals surface area contributed by atoms with Gasteiger partial charge in [0.1, 0.15) is 17.8 Å². The van der Waals surface area contributed by atoms with Gasteiger partial charge in [-0.05, 0) is 96.1 Å². The summed E-state index contributed by atoms with van der Waals surface area (Å²) in [6, 6.07) is 0.0877. The fourth-order valence-corrected chi connectivity index (χ4v) is 6.77. The molecule has 280 valence electrons. The van der Waals surface area contributed by atoms with Crippen LogP contribution in [0.1, 0.15) is 129 Å². The topological polar surface area (TPSA) is 108 Å². The van der Waals surface area contributed by atoms with Crippen molar-refractivity contribution in [1.82, 2.24) is 15.1 Å².